The molecular formula is C15H18N4S. The van der Waals surface area contributed by atoms with E-state index in [1.54, 1.807) is 0 Å². The van der Waals surface area contributed by atoms with Gasteiger partial charge in [0.2, 0.25) is 5.95 Å². The van der Waals surface area contributed by atoms with Gasteiger partial charge in [-0.2, -0.15) is 0 Å². The van der Waals surface area contributed by atoms with Crippen LogP contribution in [-0.2, 0) is 19.5 Å². The second kappa shape index (κ2) is 5.14. The maximum atomic E-state index is 4.54. The summed E-state index contributed by atoms with van der Waals surface area (Å²) in [5, 5.41) is 5.67. The Hall–Kier alpha value is -1.46. The van der Waals surface area contributed by atoms with Crippen molar-refractivity contribution in [1.29, 1.82) is 0 Å². The average Bonchev–Trinajstić information content (AvgIpc) is 3.21. The largest absolute Gasteiger partial charge is 0.336 e. The fraction of sp³-hybridized carbons (Fsp3) is 0.467. The van der Waals surface area contributed by atoms with Gasteiger partial charge in [0, 0.05) is 48.5 Å². The molecule has 3 heterocycles. The molecule has 0 unspecified atom stereocenters. The standard InChI is InChI=1S/C15H18N4S/c1-2-13(1)16-7-11-8-17-15(18-9-11)19-5-3-14-12(10-19)4-6-20-14/h4,6,8-9,13,16H,1-3,5,7,10H2. The molecular weight excluding hydrogens is 268 g/mol. The quantitative estimate of drug-likeness (QED) is 0.937. The predicted molar refractivity (Wildman–Crippen MR) is 81.0 cm³/mol. The summed E-state index contributed by atoms with van der Waals surface area (Å²) in [6.45, 7) is 2.85. The molecule has 1 saturated carbocycles. The summed E-state index contributed by atoms with van der Waals surface area (Å²) in [6, 6.07) is 2.95. The Morgan fingerprint density at radius 3 is 2.95 bits per heavy atom. The normalized spacial score (nSPS) is 18.1. The Kier molecular flexibility index (Phi) is 3.16. The van der Waals surface area contributed by atoms with Crippen molar-refractivity contribution >= 4 is 17.3 Å². The van der Waals surface area contributed by atoms with Crippen LogP contribution in [0.25, 0.3) is 0 Å². The molecule has 1 aliphatic heterocycles. The van der Waals surface area contributed by atoms with Crippen LogP contribution in [0.15, 0.2) is 23.8 Å². The lowest BCUT2D eigenvalue weighted by Gasteiger charge is -2.26. The van der Waals surface area contributed by atoms with Gasteiger partial charge in [-0.15, -0.1) is 11.3 Å². The lowest BCUT2D eigenvalue weighted by atomic mass is 10.1. The molecule has 4 nitrogen and oxygen atoms in total. The number of nitrogens with zero attached hydrogens (tertiary/aromatic N) is 3. The van der Waals surface area contributed by atoms with Gasteiger partial charge in [-0.25, -0.2) is 9.97 Å². The van der Waals surface area contributed by atoms with Gasteiger partial charge in [-0.05, 0) is 36.3 Å². The van der Waals surface area contributed by atoms with Gasteiger partial charge in [0.05, 0.1) is 0 Å². The van der Waals surface area contributed by atoms with E-state index in [2.05, 4.69) is 31.6 Å². The zero-order valence-electron chi connectivity index (χ0n) is 11.4. The molecule has 0 bridgehead atoms. The SMILES string of the molecule is c1cc2c(s1)CCN(c1ncc(CNC3CC3)cn1)C2. The Morgan fingerprint density at radius 1 is 1.30 bits per heavy atom. The van der Waals surface area contributed by atoms with Crippen LogP contribution in [0.3, 0.4) is 0 Å². The van der Waals surface area contributed by atoms with Gasteiger partial charge < -0.3 is 10.2 Å². The molecule has 0 saturated heterocycles. The summed E-state index contributed by atoms with van der Waals surface area (Å²) >= 11 is 1.86. The molecule has 0 spiro atoms. The summed E-state index contributed by atoms with van der Waals surface area (Å²) in [5.74, 6) is 0.858. The molecule has 1 N–H and O–H groups in total. The smallest absolute Gasteiger partial charge is 0.225 e. The minimum Gasteiger partial charge on any atom is -0.336 e. The highest BCUT2D eigenvalue weighted by Crippen LogP contribution is 2.26. The fourth-order valence-corrected chi connectivity index (χ4v) is 3.46. The first-order valence-corrected chi connectivity index (χ1v) is 8.11. The number of anilines is 1. The number of fused-ring (bicyclic) bond motifs is 1. The lowest BCUT2D eigenvalue weighted by Crippen LogP contribution is -2.31. The molecule has 0 aromatic carbocycles. The van der Waals surface area contributed by atoms with Crippen LogP contribution >= 0.6 is 11.3 Å². The Labute approximate surface area is 122 Å². The third-order valence-corrected chi connectivity index (χ3v) is 4.98. The molecule has 104 valence electrons. The first-order valence-electron chi connectivity index (χ1n) is 7.23. The molecule has 2 aliphatic rings. The van der Waals surface area contributed by atoms with Crippen LogP contribution in [0.4, 0.5) is 5.95 Å². The van der Waals surface area contributed by atoms with E-state index in [-0.39, 0.29) is 0 Å². The molecule has 2 aromatic rings. The number of nitrogens with one attached hydrogen (secondary N) is 1. The summed E-state index contributed by atoms with van der Waals surface area (Å²) in [7, 11) is 0. The van der Waals surface area contributed by atoms with E-state index in [4.69, 9.17) is 0 Å². The van der Waals surface area contributed by atoms with Crippen LogP contribution in [0.2, 0.25) is 0 Å². The number of hydrogen-bond donors (Lipinski definition) is 1. The number of aromatic nitrogens is 2. The fourth-order valence-electron chi connectivity index (χ4n) is 2.57. The highest BCUT2D eigenvalue weighted by molar-refractivity contribution is 7.10. The Morgan fingerprint density at radius 2 is 2.15 bits per heavy atom. The van der Waals surface area contributed by atoms with Gasteiger partial charge in [0.1, 0.15) is 0 Å². The van der Waals surface area contributed by atoms with E-state index in [1.807, 2.05) is 23.7 Å². The van der Waals surface area contributed by atoms with Crippen LogP contribution in [0.1, 0.15) is 28.8 Å². The van der Waals surface area contributed by atoms with Crippen LogP contribution in [0, 0.1) is 0 Å². The summed E-state index contributed by atoms with van der Waals surface area (Å²) in [5.41, 5.74) is 2.61. The molecule has 1 aliphatic carbocycles. The third kappa shape index (κ3) is 2.55. The molecule has 4 rings (SSSR count). The van der Waals surface area contributed by atoms with Crippen LogP contribution in [-0.4, -0.2) is 22.6 Å². The second-order valence-corrected chi connectivity index (χ2v) is 6.59. The molecule has 2 aromatic heterocycles. The van der Waals surface area contributed by atoms with Crippen molar-refractivity contribution < 1.29 is 0 Å². The monoisotopic (exact) mass is 286 g/mol. The highest BCUT2D eigenvalue weighted by Gasteiger charge is 2.21. The topological polar surface area (TPSA) is 41.1 Å². The maximum Gasteiger partial charge on any atom is 0.225 e. The summed E-state index contributed by atoms with van der Waals surface area (Å²) < 4.78 is 0. The molecule has 20 heavy (non-hydrogen) atoms. The van der Waals surface area contributed by atoms with E-state index in [0.29, 0.717) is 0 Å². The summed E-state index contributed by atoms with van der Waals surface area (Å²) in [6.07, 6.45) is 7.66. The van der Waals surface area contributed by atoms with Crippen molar-refractivity contribution in [2.45, 2.75) is 38.4 Å². The van der Waals surface area contributed by atoms with E-state index in [9.17, 15) is 0 Å². The Balaban J connectivity index is 1.43. The highest BCUT2D eigenvalue weighted by atomic mass is 32.1. The minimum atomic E-state index is 0.730. The van der Waals surface area contributed by atoms with Crippen molar-refractivity contribution in [1.82, 2.24) is 15.3 Å². The average molecular weight is 286 g/mol. The van der Waals surface area contributed by atoms with Gasteiger partial charge in [0.15, 0.2) is 0 Å². The Bertz CT molecular complexity index is 588. The zero-order chi connectivity index (χ0) is 13.4. The van der Waals surface area contributed by atoms with E-state index >= 15 is 0 Å². The van der Waals surface area contributed by atoms with Crippen molar-refractivity contribution in [2.75, 3.05) is 11.4 Å². The van der Waals surface area contributed by atoms with Gasteiger partial charge >= 0.3 is 0 Å². The lowest BCUT2D eigenvalue weighted by molar-refractivity contribution is 0.678. The summed E-state index contributed by atoms with van der Waals surface area (Å²) in [4.78, 5) is 12.9. The second-order valence-electron chi connectivity index (χ2n) is 5.59. The molecule has 5 heteroatoms. The predicted octanol–water partition coefficient (Wildman–Crippen LogP) is 2.35. The van der Waals surface area contributed by atoms with Crippen molar-refractivity contribution in [2.24, 2.45) is 0 Å². The van der Waals surface area contributed by atoms with E-state index in [1.165, 1.54) is 28.8 Å². The van der Waals surface area contributed by atoms with E-state index in [0.717, 1.165) is 38.0 Å². The molecule has 0 atom stereocenters. The minimum absolute atomic E-state index is 0.730. The first-order chi connectivity index (χ1) is 9.88. The van der Waals surface area contributed by atoms with E-state index < -0.39 is 0 Å². The first kappa shape index (κ1) is 12.3. The van der Waals surface area contributed by atoms with Crippen molar-refractivity contribution in [3.63, 3.8) is 0 Å². The molecule has 0 radical (unpaired) electrons. The third-order valence-electron chi connectivity index (χ3n) is 3.95. The van der Waals surface area contributed by atoms with Crippen LogP contribution in [0.5, 0.6) is 0 Å². The molecule has 1 fully saturated rings. The maximum absolute atomic E-state index is 4.54. The van der Waals surface area contributed by atoms with Gasteiger partial charge in [-0.3, -0.25) is 0 Å². The van der Waals surface area contributed by atoms with Crippen molar-refractivity contribution in [3.8, 4) is 0 Å². The number of hydrogen-bond acceptors (Lipinski definition) is 5. The number of thiophene rings is 1. The van der Waals surface area contributed by atoms with Crippen LogP contribution < -0.4 is 10.2 Å². The zero-order valence-corrected chi connectivity index (χ0v) is 12.2. The molecule has 0 amide bonds. The number of rotatable bonds is 4. The van der Waals surface area contributed by atoms with Gasteiger partial charge in [-0.1, -0.05) is 0 Å². The van der Waals surface area contributed by atoms with Gasteiger partial charge in [0.25, 0.3) is 0 Å². The van der Waals surface area contributed by atoms with Crippen molar-refractivity contribution in [3.05, 3.63) is 39.8 Å².